The molecule has 0 unspecified atom stereocenters. The molecule has 0 bridgehead atoms. The quantitative estimate of drug-likeness (QED) is 0.431. The molecule has 1 aromatic heterocycles. The van der Waals surface area contributed by atoms with Crippen LogP contribution in [-0.4, -0.2) is 43.1 Å². The smallest absolute Gasteiger partial charge is 0.251 e. The highest BCUT2D eigenvalue weighted by molar-refractivity contribution is 7.89. The summed E-state index contributed by atoms with van der Waals surface area (Å²) in [5.74, 6) is -1.04. The number of hydrogen-bond acceptors (Lipinski definition) is 7. The Morgan fingerprint density at radius 1 is 1.19 bits per heavy atom. The maximum absolute atomic E-state index is 14.3. The highest BCUT2D eigenvalue weighted by Gasteiger charge is 2.29. The number of aromatic nitrogens is 1. The van der Waals surface area contributed by atoms with Gasteiger partial charge in [0.15, 0.2) is 0 Å². The van der Waals surface area contributed by atoms with E-state index in [1.165, 1.54) is 52.2 Å². The molecule has 0 atom stereocenters. The van der Waals surface area contributed by atoms with E-state index in [4.69, 9.17) is 5.26 Å². The van der Waals surface area contributed by atoms with E-state index in [0.29, 0.717) is 29.4 Å². The molecule has 2 N–H and O–H groups in total. The number of sulfonamides is 1. The van der Waals surface area contributed by atoms with Crippen molar-refractivity contribution in [3.8, 4) is 16.6 Å². The van der Waals surface area contributed by atoms with Crippen molar-refractivity contribution in [2.45, 2.75) is 30.7 Å². The van der Waals surface area contributed by atoms with E-state index in [2.05, 4.69) is 15.6 Å². The number of anilines is 1. The van der Waals surface area contributed by atoms with Crippen molar-refractivity contribution < 1.29 is 22.4 Å². The van der Waals surface area contributed by atoms with Gasteiger partial charge >= 0.3 is 0 Å². The molecule has 186 valence electrons. The van der Waals surface area contributed by atoms with E-state index >= 15 is 0 Å². The number of carbonyl (C=O) groups is 2. The van der Waals surface area contributed by atoms with Gasteiger partial charge in [-0.3, -0.25) is 9.59 Å². The van der Waals surface area contributed by atoms with Crippen LogP contribution in [0, 0.1) is 17.1 Å². The fourth-order valence-corrected chi connectivity index (χ4v) is 6.39. The monoisotopic (exact) mass is 527 g/mol. The first kappa shape index (κ1) is 25.4. The van der Waals surface area contributed by atoms with Crippen molar-refractivity contribution in [1.82, 2.24) is 14.6 Å². The average Bonchev–Trinajstić information content (AvgIpc) is 3.36. The first-order chi connectivity index (χ1) is 17.3. The van der Waals surface area contributed by atoms with Crippen molar-refractivity contribution in [3.05, 3.63) is 64.4 Å². The predicted octanol–water partition coefficient (Wildman–Crippen LogP) is 3.49. The molecule has 2 aromatic carbocycles. The number of piperidine rings is 1. The van der Waals surface area contributed by atoms with Crippen molar-refractivity contribution >= 4 is 39.4 Å². The molecule has 2 heterocycles. The predicted molar refractivity (Wildman–Crippen MR) is 132 cm³/mol. The fourth-order valence-electron chi connectivity index (χ4n) is 3.86. The van der Waals surface area contributed by atoms with Crippen LogP contribution in [0.25, 0.3) is 10.6 Å². The minimum Gasteiger partial charge on any atom is -0.347 e. The van der Waals surface area contributed by atoms with Crippen LogP contribution in [0.2, 0.25) is 0 Å². The normalized spacial score (nSPS) is 14.1. The number of halogens is 1. The minimum atomic E-state index is -3.82. The molecule has 0 spiro atoms. The Morgan fingerprint density at radius 3 is 2.67 bits per heavy atom. The van der Waals surface area contributed by atoms with E-state index in [9.17, 15) is 22.4 Å². The van der Waals surface area contributed by atoms with Crippen LogP contribution in [0.15, 0.2) is 47.5 Å². The molecule has 4 rings (SSSR count). The summed E-state index contributed by atoms with van der Waals surface area (Å²) in [5, 5.41) is 14.4. The number of nitrogens with zero attached hydrogens (tertiary/aromatic N) is 3. The van der Waals surface area contributed by atoms with Crippen LogP contribution < -0.4 is 10.6 Å². The Labute approximate surface area is 211 Å². The zero-order valence-electron chi connectivity index (χ0n) is 19.0. The van der Waals surface area contributed by atoms with Gasteiger partial charge in [-0.05, 0) is 49.2 Å². The highest BCUT2D eigenvalue weighted by atomic mass is 32.2. The first-order valence-corrected chi connectivity index (χ1v) is 13.4. The molecule has 0 radical (unpaired) electrons. The molecule has 36 heavy (non-hydrogen) atoms. The largest absolute Gasteiger partial charge is 0.347 e. The lowest BCUT2D eigenvalue weighted by Crippen LogP contribution is -2.36. The Kier molecular flexibility index (Phi) is 7.73. The van der Waals surface area contributed by atoms with Gasteiger partial charge in [-0.2, -0.15) is 9.57 Å². The summed E-state index contributed by atoms with van der Waals surface area (Å²) >= 11 is 1.19. The molecular formula is C24H22FN5O4S2. The van der Waals surface area contributed by atoms with Crippen LogP contribution in [0.3, 0.4) is 0 Å². The zero-order valence-corrected chi connectivity index (χ0v) is 20.7. The Bertz CT molecular complexity index is 1440. The van der Waals surface area contributed by atoms with Crippen molar-refractivity contribution in [2.75, 3.05) is 18.4 Å². The average molecular weight is 528 g/mol. The Hall–Kier alpha value is -3.66. The van der Waals surface area contributed by atoms with Crippen LogP contribution in [-0.2, 0) is 21.4 Å². The summed E-state index contributed by atoms with van der Waals surface area (Å²) in [6.07, 6.45) is 4.40. The molecule has 3 aromatic rings. The number of amides is 2. The first-order valence-electron chi connectivity index (χ1n) is 11.1. The van der Waals surface area contributed by atoms with Crippen molar-refractivity contribution in [3.63, 3.8) is 0 Å². The second-order valence-corrected chi connectivity index (χ2v) is 11.1. The third kappa shape index (κ3) is 5.43. The highest BCUT2D eigenvalue weighted by Crippen LogP contribution is 2.29. The molecule has 1 aliphatic heterocycles. The number of benzene rings is 2. The third-order valence-corrected chi connectivity index (χ3v) is 8.68. The van der Waals surface area contributed by atoms with Crippen LogP contribution >= 0.6 is 11.3 Å². The lowest BCUT2D eigenvalue weighted by Gasteiger charge is -2.26. The molecular weight excluding hydrogens is 505 g/mol. The number of hydrogen-bond donors (Lipinski definition) is 2. The van der Waals surface area contributed by atoms with Gasteiger partial charge in [-0.15, -0.1) is 11.3 Å². The molecule has 1 fully saturated rings. The Balaban J connectivity index is 1.48. The number of carbonyl (C=O) groups excluding carboxylic acids is 2. The minimum absolute atomic E-state index is 0.0274. The molecule has 0 saturated carbocycles. The van der Waals surface area contributed by atoms with E-state index < -0.39 is 21.7 Å². The van der Waals surface area contributed by atoms with E-state index in [-0.39, 0.29) is 33.8 Å². The summed E-state index contributed by atoms with van der Waals surface area (Å²) in [4.78, 5) is 28.7. The summed E-state index contributed by atoms with van der Waals surface area (Å²) < 4.78 is 41.8. The van der Waals surface area contributed by atoms with Gasteiger partial charge in [-0.1, -0.05) is 6.42 Å². The van der Waals surface area contributed by atoms with Crippen LogP contribution in [0.4, 0.5) is 10.1 Å². The second-order valence-electron chi connectivity index (χ2n) is 8.06. The molecule has 1 aliphatic rings. The summed E-state index contributed by atoms with van der Waals surface area (Å²) in [5.41, 5.74) is 0.657. The number of rotatable bonds is 8. The molecule has 0 aliphatic carbocycles. The SMILES string of the molecule is N#Cc1ccc(-c2ncc(CNC(=O)c3ccc(S(=O)(=O)N4CCCCC4)c(NC=O)c3)s2)c(F)c1. The number of nitrogens with one attached hydrogen (secondary N) is 2. The molecule has 2 amide bonds. The lowest BCUT2D eigenvalue weighted by atomic mass is 10.1. The van der Waals surface area contributed by atoms with Gasteiger partial charge < -0.3 is 10.6 Å². The summed E-state index contributed by atoms with van der Waals surface area (Å²) in [7, 11) is -3.82. The van der Waals surface area contributed by atoms with Gasteiger partial charge in [0.2, 0.25) is 16.4 Å². The van der Waals surface area contributed by atoms with Gasteiger partial charge in [0.05, 0.1) is 23.9 Å². The van der Waals surface area contributed by atoms with E-state index in [1.807, 2.05) is 6.07 Å². The number of nitriles is 1. The maximum atomic E-state index is 14.3. The van der Waals surface area contributed by atoms with Gasteiger partial charge in [0, 0.05) is 35.3 Å². The second kappa shape index (κ2) is 10.9. The molecule has 12 heteroatoms. The molecule has 1 saturated heterocycles. The standard InChI is InChI=1S/C24H22FN5O4S2/c25-20-10-16(12-26)4-6-19(20)24-28-14-18(35-24)13-27-23(32)17-5-7-22(21(11-17)29-15-31)36(33,34)30-8-2-1-3-9-30/h4-7,10-11,14-15H,1-3,8-9,13H2,(H,27,32)(H,29,31). The Morgan fingerprint density at radius 2 is 1.97 bits per heavy atom. The lowest BCUT2D eigenvalue weighted by molar-refractivity contribution is -0.105. The van der Waals surface area contributed by atoms with Gasteiger partial charge in [0.25, 0.3) is 5.91 Å². The number of thiazole rings is 1. The van der Waals surface area contributed by atoms with E-state index in [1.54, 1.807) is 0 Å². The van der Waals surface area contributed by atoms with Crippen LogP contribution in [0.5, 0.6) is 0 Å². The van der Waals surface area contributed by atoms with Gasteiger partial charge in [-0.25, -0.2) is 17.8 Å². The van der Waals surface area contributed by atoms with Gasteiger partial charge in [0.1, 0.15) is 15.7 Å². The fraction of sp³-hybridized carbons (Fsp3) is 0.250. The van der Waals surface area contributed by atoms with Crippen LogP contribution in [0.1, 0.15) is 40.1 Å². The van der Waals surface area contributed by atoms with E-state index in [0.717, 1.165) is 25.3 Å². The topological polar surface area (TPSA) is 132 Å². The summed E-state index contributed by atoms with van der Waals surface area (Å²) in [6.45, 7) is 0.932. The van der Waals surface area contributed by atoms with Crippen molar-refractivity contribution in [1.29, 1.82) is 5.26 Å². The maximum Gasteiger partial charge on any atom is 0.251 e. The molecule has 9 nitrogen and oxygen atoms in total. The summed E-state index contributed by atoms with van der Waals surface area (Å²) in [6, 6.07) is 10.0. The third-order valence-electron chi connectivity index (χ3n) is 5.69. The van der Waals surface area contributed by atoms with Crippen molar-refractivity contribution in [2.24, 2.45) is 0 Å². The zero-order chi connectivity index (χ0) is 25.7.